The fourth-order valence-corrected chi connectivity index (χ4v) is 3.60. The third-order valence-electron chi connectivity index (χ3n) is 5.60. The molecule has 1 aliphatic rings. The molecule has 5 N–H and O–H groups in total. The zero-order valence-electron chi connectivity index (χ0n) is 18.0. The van der Waals surface area contributed by atoms with Crippen LogP contribution in [0.5, 0.6) is 0 Å². The number of carbonyl (C=O) groups excluding carboxylic acids is 2. The minimum Gasteiger partial charge on any atom is -0.402 e. The summed E-state index contributed by atoms with van der Waals surface area (Å²) in [5.41, 5.74) is 9.50. The van der Waals surface area contributed by atoms with Crippen molar-refractivity contribution in [3.8, 4) is 11.3 Å². The number of nitrogens with two attached hydrogens (primary N) is 1. The summed E-state index contributed by atoms with van der Waals surface area (Å²) in [7, 11) is 0. The molecule has 164 valence electrons. The number of fused-ring (bicyclic) bond motifs is 1. The number of rotatable bonds is 5. The molecular formula is C23H25N7O2. The average Bonchev–Trinajstić information content (AvgIpc) is 3.47. The molecule has 9 heteroatoms. The molecule has 3 aromatic heterocycles. The Bertz CT molecular complexity index is 1250. The molecule has 0 unspecified atom stereocenters. The van der Waals surface area contributed by atoms with E-state index in [9.17, 15) is 9.59 Å². The molecule has 2 amide bonds. The number of H-pyrrole nitrogens is 1. The van der Waals surface area contributed by atoms with Gasteiger partial charge in [-0.05, 0) is 56.5 Å². The summed E-state index contributed by atoms with van der Waals surface area (Å²) in [6, 6.07) is 7.29. The van der Waals surface area contributed by atoms with E-state index < -0.39 is 5.91 Å². The molecule has 0 saturated carbocycles. The first-order valence-electron chi connectivity index (χ1n) is 10.4. The Kier molecular flexibility index (Phi) is 5.72. The van der Waals surface area contributed by atoms with Crippen molar-refractivity contribution < 1.29 is 9.59 Å². The fraction of sp³-hybridized carbons (Fsp3) is 0.261. The minimum atomic E-state index is -0.552. The molecule has 0 radical (unpaired) electrons. The second-order valence-electron chi connectivity index (χ2n) is 7.91. The Morgan fingerprint density at radius 1 is 1.16 bits per heavy atom. The van der Waals surface area contributed by atoms with Crippen LogP contribution in [0.2, 0.25) is 0 Å². The summed E-state index contributed by atoms with van der Waals surface area (Å²) in [6.45, 7) is 4.82. The molecule has 4 rings (SSSR count). The van der Waals surface area contributed by atoms with Crippen LogP contribution >= 0.6 is 0 Å². The highest BCUT2D eigenvalue weighted by atomic mass is 16.2. The van der Waals surface area contributed by atoms with Crippen LogP contribution in [-0.4, -0.2) is 50.5 Å². The number of pyridine rings is 2. The number of hydrogen-bond acceptors (Lipinski definition) is 6. The molecule has 0 aromatic carbocycles. The molecule has 1 aliphatic heterocycles. The zero-order valence-corrected chi connectivity index (χ0v) is 18.0. The van der Waals surface area contributed by atoms with Crippen LogP contribution in [-0.2, 0) is 4.79 Å². The molecule has 0 aliphatic carbocycles. The lowest BCUT2D eigenvalue weighted by Crippen LogP contribution is -2.28. The lowest BCUT2D eigenvalue weighted by Gasteiger charge is -2.14. The summed E-state index contributed by atoms with van der Waals surface area (Å²) < 4.78 is 0. The first kappa shape index (κ1) is 21.2. The van der Waals surface area contributed by atoms with Crippen LogP contribution in [0.3, 0.4) is 0 Å². The molecule has 1 fully saturated rings. The molecule has 3 aromatic rings. The standard InChI is InChI=1S/C23H25N7O2/c1-13(14(2)24)20(25)22(31)28-17-9-16-11-18(29-21(16)27-12-17)15-5-6-26-19(10-15)23(32)30-7-3-4-8-30/h5-6,9-12,25H,3-4,7-8,24H2,1-2H3,(H,27,29)(H,28,31)/b14-13-,25-20?. The quantitative estimate of drug-likeness (QED) is 0.460. The highest BCUT2D eigenvalue weighted by molar-refractivity contribution is 6.47. The number of allylic oxidation sites excluding steroid dienone is 1. The van der Waals surface area contributed by atoms with E-state index in [1.807, 2.05) is 17.0 Å². The lowest BCUT2D eigenvalue weighted by molar-refractivity contribution is -0.110. The van der Waals surface area contributed by atoms with E-state index in [0.717, 1.165) is 42.6 Å². The average molecular weight is 432 g/mol. The van der Waals surface area contributed by atoms with Gasteiger partial charge in [0.2, 0.25) is 0 Å². The normalized spacial score (nSPS) is 14.4. The molecule has 0 bridgehead atoms. The Balaban J connectivity index is 1.56. The number of nitrogens with one attached hydrogen (secondary N) is 3. The van der Waals surface area contributed by atoms with Crippen LogP contribution in [0.1, 0.15) is 37.2 Å². The van der Waals surface area contributed by atoms with Crippen molar-refractivity contribution in [3.05, 3.63) is 53.6 Å². The fourth-order valence-electron chi connectivity index (χ4n) is 3.60. The number of aromatic amines is 1. The Hall–Kier alpha value is -4.01. The number of anilines is 1. The Morgan fingerprint density at radius 3 is 2.62 bits per heavy atom. The van der Waals surface area contributed by atoms with E-state index in [4.69, 9.17) is 11.1 Å². The number of amides is 2. The number of nitrogens with zero attached hydrogens (tertiary/aromatic N) is 3. The molecule has 9 nitrogen and oxygen atoms in total. The highest BCUT2D eigenvalue weighted by Gasteiger charge is 2.21. The summed E-state index contributed by atoms with van der Waals surface area (Å²) in [4.78, 5) is 38.7. The minimum absolute atomic E-state index is 0.0527. The second-order valence-corrected chi connectivity index (χ2v) is 7.91. The first-order chi connectivity index (χ1) is 15.3. The molecule has 0 atom stereocenters. The van der Waals surface area contributed by atoms with Gasteiger partial charge in [0, 0.05) is 41.6 Å². The van der Waals surface area contributed by atoms with Crippen molar-refractivity contribution >= 4 is 34.2 Å². The van der Waals surface area contributed by atoms with E-state index in [1.165, 1.54) is 6.20 Å². The van der Waals surface area contributed by atoms with Crippen molar-refractivity contribution in [1.82, 2.24) is 19.9 Å². The largest absolute Gasteiger partial charge is 0.402 e. The van der Waals surface area contributed by atoms with Crippen molar-refractivity contribution in [2.45, 2.75) is 26.7 Å². The third-order valence-corrected chi connectivity index (χ3v) is 5.60. The topological polar surface area (TPSA) is 141 Å². The van der Waals surface area contributed by atoms with Gasteiger partial charge in [0.1, 0.15) is 17.1 Å². The number of carbonyl (C=O) groups is 2. The van der Waals surface area contributed by atoms with Gasteiger partial charge in [-0.3, -0.25) is 20.0 Å². The van der Waals surface area contributed by atoms with Gasteiger partial charge in [0.15, 0.2) is 0 Å². The van der Waals surface area contributed by atoms with Crippen molar-refractivity contribution in [2.75, 3.05) is 18.4 Å². The van der Waals surface area contributed by atoms with Crippen molar-refractivity contribution in [1.29, 1.82) is 5.41 Å². The maximum absolute atomic E-state index is 12.7. The summed E-state index contributed by atoms with van der Waals surface area (Å²) in [6.07, 6.45) is 5.21. The van der Waals surface area contributed by atoms with Gasteiger partial charge >= 0.3 is 0 Å². The third kappa shape index (κ3) is 4.22. The smallest absolute Gasteiger partial charge is 0.273 e. The molecule has 32 heavy (non-hydrogen) atoms. The van der Waals surface area contributed by atoms with Crippen LogP contribution < -0.4 is 11.1 Å². The SMILES string of the molecule is C/C(N)=C(\C)C(=N)C(=O)Nc1cnc2[nH]c(-c3ccnc(C(=O)N4CCCC4)c3)cc2c1. The molecular weight excluding hydrogens is 406 g/mol. The van der Waals surface area contributed by atoms with Gasteiger partial charge < -0.3 is 20.9 Å². The van der Waals surface area contributed by atoms with Gasteiger partial charge in [-0.1, -0.05) is 0 Å². The van der Waals surface area contributed by atoms with E-state index >= 15 is 0 Å². The predicted molar refractivity (Wildman–Crippen MR) is 123 cm³/mol. The molecule has 4 heterocycles. The van der Waals surface area contributed by atoms with E-state index in [1.54, 1.807) is 32.2 Å². The molecule has 0 spiro atoms. The van der Waals surface area contributed by atoms with Gasteiger partial charge in [-0.2, -0.15) is 0 Å². The van der Waals surface area contributed by atoms with Gasteiger partial charge in [-0.25, -0.2) is 4.98 Å². The predicted octanol–water partition coefficient (Wildman–Crippen LogP) is 3.07. The first-order valence-corrected chi connectivity index (χ1v) is 10.4. The van der Waals surface area contributed by atoms with Crippen LogP contribution in [0.4, 0.5) is 5.69 Å². The highest BCUT2D eigenvalue weighted by Crippen LogP contribution is 2.26. The summed E-state index contributed by atoms with van der Waals surface area (Å²) >= 11 is 0. The summed E-state index contributed by atoms with van der Waals surface area (Å²) in [5, 5.41) is 11.4. The van der Waals surface area contributed by atoms with E-state index in [2.05, 4.69) is 20.3 Å². The van der Waals surface area contributed by atoms with E-state index in [0.29, 0.717) is 28.3 Å². The van der Waals surface area contributed by atoms with Crippen molar-refractivity contribution in [2.24, 2.45) is 5.73 Å². The van der Waals surface area contributed by atoms with E-state index in [-0.39, 0.29) is 11.6 Å². The van der Waals surface area contributed by atoms with Crippen LogP contribution in [0.25, 0.3) is 22.3 Å². The maximum atomic E-state index is 12.7. The lowest BCUT2D eigenvalue weighted by atomic mass is 10.1. The van der Waals surface area contributed by atoms with Gasteiger partial charge in [0.05, 0.1) is 11.9 Å². The van der Waals surface area contributed by atoms with Crippen LogP contribution in [0.15, 0.2) is 47.9 Å². The Labute approximate surface area is 185 Å². The number of likely N-dealkylation sites (tertiary alicyclic amines) is 1. The second kappa shape index (κ2) is 8.62. The number of aromatic nitrogens is 3. The zero-order chi connectivity index (χ0) is 22.8. The Morgan fingerprint density at radius 2 is 1.91 bits per heavy atom. The van der Waals surface area contributed by atoms with Gasteiger partial charge in [0.25, 0.3) is 11.8 Å². The summed E-state index contributed by atoms with van der Waals surface area (Å²) in [5.74, 6) is -0.605. The van der Waals surface area contributed by atoms with Gasteiger partial charge in [-0.15, -0.1) is 0 Å². The van der Waals surface area contributed by atoms with Crippen LogP contribution in [0, 0.1) is 5.41 Å². The monoisotopic (exact) mass is 431 g/mol. The maximum Gasteiger partial charge on any atom is 0.273 e. The van der Waals surface area contributed by atoms with Crippen molar-refractivity contribution in [3.63, 3.8) is 0 Å². The number of hydrogen-bond donors (Lipinski definition) is 4. The molecule has 1 saturated heterocycles.